The molecule has 2 aliphatic rings. The van der Waals surface area contributed by atoms with E-state index in [1.54, 1.807) is 0 Å². The smallest absolute Gasteiger partial charge is 0.0549 e. The lowest BCUT2D eigenvalue weighted by atomic mass is 9.80. The number of hydrogen-bond acceptors (Lipinski definition) is 2. The molecule has 0 radical (unpaired) electrons. The van der Waals surface area contributed by atoms with E-state index in [1.807, 2.05) is 11.3 Å². The molecule has 54 heavy (non-hydrogen) atoms. The molecule has 0 saturated carbocycles. The first-order valence-electron chi connectivity index (χ1n) is 19.0. The van der Waals surface area contributed by atoms with Crippen LogP contribution in [0, 0.1) is 0 Å². The maximum atomic E-state index is 2.53. The zero-order chi connectivity index (χ0) is 36.3. The van der Waals surface area contributed by atoms with E-state index in [-0.39, 0.29) is 10.8 Å². The summed E-state index contributed by atoms with van der Waals surface area (Å²) in [7, 11) is 0. The van der Waals surface area contributed by atoms with E-state index in [2.05, 4.69) is 196 Å². The third-order valence-corrected chi connectivity index (χ3v) is 13.6. The largest absolute Gasteiger partial charge is 0.310 e. The van der Waals surface area contributed by atoms with Crippen molar-refractivity contribution in [2.75, 3.05) is 4.90 Å². The van der Waals surface area contributed by atoms with Crippen molar-refractivity contribution in [2.45, 2.75) is 38.5 Å². The van der Waals surface area contributed by atoms with Crippen LogP contribution in [-0.2, 0) is 10.8 Å². The summed E-state index contributed by atoms with van der Waals surface area (Å²) in [5, 5.41) is 5.26. The highest BCUT2D eigenvalue weighted by atomic mass is 32.1. The van der Waals surface area contributed by atoms with Crippen LogP contribution >= 0.6 is 11.3 Å². The Kier molecular flexibility index (Phi) is 6.59. The van der Waals surface area contributed by atoms with Crippen molar-refractivity contribution in [2.24, 2.45) is 0 Å². The number of thiophene rings is 1. The Balaban J connectivity index is 1.17. The molecule has 1 aromatic heterocycles. The molecule has 11 rings (SSSR count). The van der Waals surface area contributed by atoms with Gasteiger partial charge in [0.1, 0.15) is 0 Å². The summed E-state index contributed by atoms with van der Waals surface area (Å²) in [6.45, 7) is 9.55. The molecule has 0 atom stereocenters. The topological polar surface area (TPSA) is 3.24 Å². The number of rotatable bonds is 4. The minimum Gasteiger partial charge on any atom is -0.310 e. The molecule has 0 N–H and O–H groups in total. The highest BCUT2D eigenvalue weighted by Crippen LogP contribution is 2.58. The molecule has 2 aliphatic carbocycles. The SMILES string of the molecule is CC1(C)c2ccccc2-c2ccc(N(c3ccc(-c4cccc5sc6ccccc6c45)cc3)c3cc4ccccc4c4c3-c3ccccc3C4(C)C)cc21. The third-order valence-electron chi connectivity index (χ3n) is 12.4. The fraction of sp³-hybridized carbons (Fsp3) is 0.115. The Morgan fingerprint density at radius 2 is 1.06 bits per heavy atom. The fourth-order valence-corrected chi connectivity index (χ4v) is 11.0. The highest BCUT2D eigenvalue weighted by molar-refractivity contribution is 7.25. The monoisotopic (exact) mass is 709 g/mol. The molecule has 1 nitrogen and oxygen atoms in total. The number of benzene rings is 8. The Bertz CT molecular complexity index is 3000. The molecule has 0 bridgehead atoms. The first-order chi connectivity index (χ1) is 26.3. The molecule has 0 spiro atoms. The summed E-state index contributed by atoms with van der Waals surface area (Å²) in [4.78, 5) is 2.53. The number of hydrogen-bond donors (Lipinski definition) is 0. The van der Waals surface area contributed by atoms with E-state index in [9.17, 15) is 0 Å². The van der Waals surface area contributed by atoms with Crippen LogP contribution in [0.5, 0.6) is 0 Å². The summed E-state index contributed by atoms with van der Waals surface area (Å²) in [6.07, 6.45) is 0. The van der Waals surface area contributed by atoms with Gasteiger partial charge in [-0.2, -0.15) is 0 Å². The normalized spacial score (nSPS) is 14.6. The van der Waals surface area contributed by atoms with E-state index < -0.39 is 0 Å². The van der Waals surface area contributed by atoms with Crippen LogP contribution in [0.4, 0.5) is 17.1 Å². The van der Waals surface area contributed by atoms with Crippen LogP contribution in [0.15, 0.2) is 164 Å². The van der Waals surface area contributed by atoms with Crippen LogP contribution in [0.1, 0.15) is 49.9 Å². The highest BCUT2D eigenvalue weighted by Gasteiger charge is 2.40. The minimum absolute atomic E-state index is 0.112. The molecular weight excluding hydrogens is 671 g/mol. The third kappa shape index (κ3) is 4.32. The zero-order valence-electron chi connectivity index (χ0n) is 30.9. The Morgan fingerprint density at radius 3 is 1.87 bits per heavy atom. The van der Waals surface area contributed by atoms with Gasteiger partial charge in [0, 0.05) is 47.9 Å². The van der Waals surface area contributed by atoms with Gasteiger partial charge in [-0.05, 0) is 103 Å². The molecule has 0 amide bonds. The van der Waals surface area contributed by atoms with Gasteiger partial charge in [0.15, 0.2) is 0 Å². The lowest BCUT2D eigenvalue weighted by Gasteiger charge is -2.31. The van der Waals surface area contributed by atoms with E-state index in [4.69, 9.17) is 0 Å². The number of nitrogens with zero attached hydrogens (tertiary/aromatic N) is 1. The molecule has 9 aromatic rings. The van der Waals surface area contributed by atoms with Gasteiger partial charge in [0.2, 0.25) is 0 Å². The lowest BCUT2D eigenvalue weighted by molar-refractivity contribution is 0.660. The molecule has 258 valence electrons. The van der Waals surface area contributed by atoms with Gasteiger partial charge in [0.25, 0.3) is 0 Å². The molecule has 1 heterocycles. The summed E-state index contributed by atoms with van der Waals surface area (Å²) >= 11 is 1.88. The van der Waals surface area contributed by atoms with Crippen molar-refractivity contribution >= 4 is 59.3 Å². The quantitative estimate of drug-likeness (QED) is 0.176. The average molecular weight is 710 g/mol. The predicted molar refractivity (Wildman–Crippen MR) is 232 cm³/mol. The molecule has 0 saturated heterocycles. The maximum Gasteiger partial charge on any atom is 0.0549 e. The van der Waals surface area contributed by atoms with Gasteiger partial charge in [-0.1, -0.05) is 149 Å². The second-order valence-corrected chi connectivity index (χ2v) is 17.2. The standard InChI is InChI=1S/C52H39NS/c1-51(2)42-20-10-7-16-38(42)39-29-28-35(31-44(39)51)53(34-26-24-32(25-27-34)36-19-13-23-47-48(36)41-18-9-12-22-46(41)54-47)45-30-33-14-5-6-15-37(33)50-49(45)40-17-8-11-21-43(40)52(50,3)4/h5-31H,1-4H3. The van der Waals surface area contributed by atoms with Crippen molar-refractivity contribution in [1.29, 1.82) is 0 Å². The summed E-state index contributed by atoms with van der Waals surface area (Å²) in [5.41, 5.74) is 16.7. The molecule has 0 unspecified atom stereocenters. The predicted octanol–water partition coefficient (Wildman–Crippen LogP) is 15.0. The summed E-state index contributed by atoms with van der Waals surface area (Å²) < 4.78 is 2.66. The van der Waals surface area contributed by atoms with Crippen LogP contribution in [0.3, 0.4) is 0 Å². The first kappa shape index (κ1) is 31.6. The van der Waals surface area contributed by atoms with Gasteiger partial charge in [-0.15, -0.1) is 11.3 Å². The van der Waals surface area contributed by atoms with Gasteiger partial charge in [-0.3, -0.25) is 0 Å². The van der Waals surface area contributed by atoms with Crippen LogP contribution < -0.4 is 4.90 Å². The number of fused-ring (bicyclic) bond motifs is 11. The first-order valence-corrected chi connectivity index (χ1v) is 19.8. The van der Waals surface area contributed by atoms with E-state index >= 15 is 0 Å². The Hall–Kier alpha value is -5.96. The van der Waals surface area contributed by atoms with Crippen molar-refractivity contribution in [3.8, 4) is 33.4 Å². The van der Waals surface area contributed by atoms with Crippen molar-refractivity contribution < 1.29 is 0 Å². The average Bonchev–Trinajstić information content (AvgIpc) is 3.78. The zero-order valence-corrected chi connectivity index (χ0v) is 31.8. The van der Waals surface area contributed by atoms with Gasteiger partial charge in [0.05, 0.1) is 5.69 Å². The second-order valence-electron chi connectivity index (χ2n) is 16.1. The van der Waals surface area contributed by atoms with Crippen molar-refractivity contribution in [1.82, 2.24) is 0 Å². The summed E-state index contributed by atoms with van der Waals surface area (Å²) in [5.74, 6) is 0. The van der Waals surface area contributed by atoms with Crippen LogP contribution in [0.2, 0.25) is 0 Å². The molecule has 8 aromatic carbocycles. The number of anilines is 3. The van der Waals surface area contributed by atoms with E-state index in [0.717, 1.165) is 5.69 Å². The maximum absolute atomic E-state index is 2.53. The minimum atomic E-state index is -0.152. The van der Waals surface area contributed by atoms with Crippen LogP contribution in [-0.4, -0.2) is 0 Å². The summed E-state index contributed by atoms with van der Waals surface area (Å²) in [6, 6.07) is 61.4. The Morgan fingerprint density at radius 1 is 0.444 bits per heavy atom. The Labute approximate surface area is 320 Å². The van der Waals surface area contributed by atoms with E-state index in [1.165, 1.54) is 98.0 Å². The van der Waals surface area contributed by atoms with Crippen LogP contribution in [0.25, 0.3) is 64.3 Å². The van der Waals surface area contributed by atoms with Gasteiger partial charge >= 0.3 is 0 Å². The second kappa shape index (κ2) is 11.3. The fourth-order valence-electron chi connectivity index (χ4n) is 9.88. The molecule has 0 fully saturated rings. The van der Waals surface area contributed by atoms with Gasteiger partial charge < -0.3 is 4.90 Å². The molecule has 0 aliphatic heterocycles. The van der Waals surface area contributed by atoms with Gasteiger partial charge in [-0.25, -0.2) is 0 Å². The van der Waals surface area contributed by atoms with E-state index in [0.29, 0.717) is 0 Å². The molecular formula is C52H39NS. The lowest BCUT2D eigenvalue weighted by Crippen LogP contribution is -2.18. The molecule has 2 heteroatoms. The van der Waals surface area contributed by atoms with Crippen molar-refractivity contribution in [3.63, 3.8) is 0 Å². The van der Waals surface area contributed by atoms with Crippen molar-refractivity contribution in [3.05, 3.63) is 186 Å².